The molecule has 0 amide bonds. The van der Waals surface area contributed by atoms with Gasteiger partial charge in [-0.1, -0.05) is 12.1 Å². The minimum atomic E-state index is 0.127. The van der Waals surface area contributed by atoms with Gasteiger partial charge in [0.05, 0.1) is 11.8 Å². The van der Waals surface area contributed by atoms with Crippen molar-refractivity contribution in [1.29, 1.82) is 0 Å². The number of pyridine rings is 2. The molecule has 3 heterocycles. The normalized spacial score (nSPS) is 18.5. The van der Waals surface area contributed by atoms with Crippen molar-refractivity contribution in [1.82, 2.24) is 9.97 Å². The van der Waals surface area contributed by atoms with Crippen molar-refractivity contribution in [2.75, 3.05) is 11.6 Å². The summed E-state index contributed by atoms with van der Waals surface area (Å²) in [5.74, 6) is 0.833. The molecule has 0 saturated heterocycles. The van der Waals surface area contributed by atoms with E-state index in [1.165, 1.54) is 0 Å². The molecule has 96 valence electrons. The van der Waals surface area contributed by atoms with Crippen LogP contribution in [-0.2, 0) is 0 Å². The number of rotatable bonds is 3. The first-order valence-corrected chi connectivity index (χ1v) is 6.25. The topological polar surface area (TPSA) is 67.4 Å². The Morgan fingerprint density at radius 3 is 2.84 bits per heavy atom. The van der Waals surface area contributed by atoms with Crippen molar-refractivity contribution in [3.63, 3.8) is 0 Å². The molecule has 5 heteroatoms. The van der Waals surface area contributed by atoms with Gasteiger partial charge in [-0.05, 0) is 23.8 Å². The third kappa shape index (κ3) is 2.32. The van der Waals surface area contributed by atoms with Crippen molar-refractivity contribution in [2.45, 2.75) is 12.5 Å². The van der Waals surface area contributed by atoms with Crippen LogP contribution in [0.3, 0.4) is 0 Å². The minimum absolute atomic E-state index is 0.127. The van der Waals surface area contributed by atoms with Crippen LogP contribution in [0, 0.1) is 0 Å². The zero-order valence-electron chi connectivity index (χ0n) is 10.5. The lowest BCUT2D eigenvalue weighted by Crippen LogP contribution is -2.19. The zero-order valence-corrected chi connectivity index (χ0v) is 10.5. The summed E-state index contributed by atoms with van der Waals surface area (Å²) in [5, 5.41) is 6.50. The first-order valence-electron chi connectivity index (χ1n) is 6.25. The first kappa shape index (κ1) is 11.8. The Balaban J connectivity index is 1.96. The lowest BCUT2D eigenvalue weighted by atomic mass is 10.0. The van der Waals surface area contributed by atoms with Crippen LogP contribution in [0.5, 0.6) is 0 Å². The summed E-state index contributed by atoms with van der Waals surface area (Å²) >= 11 is 0. The molecule has 2 N–H and O–H groups in total. The van der Waals surface area contributed by atoms with Crippen LogP contribution in [0.1, 0.15) is 18.0 Å². The number of nitrogens with zero attached hydrogens (tertiary/aromatic N) is 4. The Kier molecular flexibility index (Phi) is 3.20. The van der Waals surface area contributed by atoms with Crippen LogP contribution in [0.4, 0.5) is 5.82 Å². The predicted octanol–water partition coefficient (Wildman–Crippen LogP) is 1.74. The van der Waals surface area contributed by atoms with Crippen LogP contribution >= 0.6 is 0 Å². The maximum atomic E-state index is 5.72. The lowest BCUT2D eigenvalue weighted by Gasteiger charge is -2.22. The van der Waals surface area contributed by atoms with Crippen LogP contribution in [-0.4, -0.2) is 22.2 Å². The van der Waals surface area contributed by atoms with Crippen molar-refractivity contribution >= 4 is 11.5 Å². The molecular weight excluding hydrogens is 238 g/mol. The quantitative estimate of drug-likeness (QED) is 0.904. The number of aromatic nitrogens is 2. The van der Waals surface area contributed by atoms with Gasteiger partial charge in [0.15, 0.2) is 0 Å². The Labute approximate surface area is 111 Å². The highest BCUT2D eigenvalue weighted by atomic mass is 15.5. The van der Waals surface area contributed by atoms with Gasteiger partial charge in [0.2, 0.25) is 0 Å². The maximum absolute atomic E-state index is 5.72. The smallest absolute Gasteiger partial charge is 0.149 e. The van der Waals surface area contributed by atoms with Gasteiger partial charge in [-0.25, -0.2) is 9.99 Å². The number of hydrogen-bond donors (Lipinski definition) is 1. The highest BCUT2D eigenvalue weighted by Crippen LogP contribution is 2.33. The summed E-state index contributed by atoms with van der Waals surface area (Å²) in [6, 6.07) is 9.92. The zero-order chi connectivity index (χ0) is 13.1. The van der Waals surface area contributed by atoms with Crippen molar-refractivity contribution < 1.29 is 0 Å². The molecular formula is C14H15N5. The van der Waals surface area contributed by atoms with Crippen molar-refractivity contribution in [3.05, 3.63) is 54.5 Å². The van der Waals surface area contributed by atoms with E-state index in [4.69, 9.17) is 5.73 Å². The van der Waals surface area contributed by atoms with Crippen molar-refractivity contribution in [2.24, 2.45) is 10.8 Å². The minimum Gasteiger partial charge on any atom is -0.325 e. The van der Waals surface area contributed by atoms with E-state index in [0.717, 1.165) is 23.5 Å². The van der Waals surface area contributed by atoms with Crippen LogP contribution < -0.4 is 10.7 Å². The van der Waals surface area contributed by atoms with Crippen LogP contribution in [0.25, 0.3) is 0 Å². The third-order valence-electron chi connectivity index (χ3n) is 3.16. The second-order valence-electron chi connectivity index (χ2n) is 4.41. The monoisotopic (exact) mass is 253 g/mol. The van der Waals surface area contributed by atoms with E-state index in [2.05, 4.69) is 21.1 Å². The van der Waals surface area contributed by atoms with E-state index in [9.17, 15) is 0 Å². The number of nitrogens with two attached hydrogens (primary N) is 1. The van der Waals surface area contributed by atoms with E-state index in [1.807, 2.05) is 35.5 Å². The summed E-state index contributed by atoms with van der Waals surface area (Å²) in [7, 11) is 0. The predicted molar refractivity (Wildman–Crippen MR) is 74.8 cm³/mol. The van der Waals surface area contributed by atoms with Gasteiger partial charge in [-0.3, -0.25) is 4.98 Å². The highest BCUT2D eigenvalue weighted by molar-refractivity contribution is 5.90. The molecule has 2 aromatic heterocycles. The van der Waals surface area contributed by atoms with Gasteiger partial charge in [0.25, 0.3) is 0 Å². The summed E-state index contributed by atoms with van der Waals surface area (Å²) in [6.45, 7) is 0.472. The average molecular weight is 253 g/mol. The fraction of sp³-hybridized carbons (Fsp3) is 0.214. The van der Waals surface area contributed by atoms with Gasteiger partial charge in [0, 0.05) is 31.6 Å². The molecule has 0 bridgehead atoms. The van der Waals surface area contributed by atoms with Gasteiger partial charge in [-0.2, -0.15) is 5.10 Å². The highest BCUT2D eigenvalue weighted by Gasteiger charge is 2.29. The summed E-state index contributed by atoms with van der Waals surface area (Å²) < 4.78 is 0. The summed E-state index contributed by atoms with van der Waals surface area (Å²) in [4.78, 5) is 8.54. The largest absolute Gasteiger partial charge is 0.325 e. The Hall–Kier alpha value is -2.27. The molecule has 0 fully saturated rings. The molecule has 0 spiro atoms. The molecule has 1 aliphatic rings. The number of hydrogen-bond acceptors (Lipinski definition) is 5. The molecule has 0 saturated carbocycles. The molecule has 0 radical (unpaired) electrons. The molecule has 0 aromatic carbocycles. The van der Waals surface area contributed by atoms with Crippen LogP contribution in [0.15, 0.2) is 54.0 Å². The van der Waals surface area contributed by atoms with E-state index < -0.39 is 0 Å². The Morgan fingerprint density at radius 1 is 1.21 bits per heavy atom. The van der Waals surface area contributed by atoms with E-state index in [0.29, 0.717) is 6.54 Å². The Morgan fingerprint density at radius 2 is 2.16 bits per heavy atom. The van der Waals surface area contributed by atoms with E-state index >= 15 is 0 Å². The molecule has 1 unspecified atom stereocenters. The Bertz CT molecular complexity index is 567. The van der Waals surface area contributed by atoms with Crippen LogP contribution in [0.2, 0.25) is 0 Å². The summed E-state index contributed by atoms with van der Waals surface area (Å²) in [5.41, 5.74) is 7.83. The van der Waals surface area contributed by atoms with Gasteiger partial charge >= 0.3 is 0 Å². The molecule has 5 nitrogen and oxygen atoms in total. The molecule has 0 aliphatic carbocycles. The second kappa shape index (κ2) is 5.16. The summed E-state index contributed by atoms with van der Waals surface area (Å²) in [6.07, 6.45) is 6.23. The molecule has 3 rings (SSSR count). The second-order valence-corrected chi connectivity index (χ2v) is 4.41. The lowest BCUT2D eigenvalue weighted by molar-refractivity contribution is 0.695. The van der Waals surface area contributed by atoms with E-state index in [1.54, 1.807) is 12.4 Å². The molecule has 1 aliphatic heterocycles. The molecule has 2 aromatic rings. The standard InChI is InChI=1S/C14H15N5/c15-9-12-8-13(11-4-3-6-16-10-11)19(18-12)14-5-1-2-7-17-14/h1-7,10,13H,8-9,15H2. The fourth-order valence-corrected chi connectivity index (χ4v) is 2.23. The average Bonchev–Trinajstić information content (AvgIpc) is 2.93. The first-order chi connectivity index (χ1) is 9.38. The van der Waals surface area contributed by atoms with Gasteiger partial charge < -0.3 is 5.73 Å². The van der Waals surface area contributed by atoms with Gasteiger partial charge in [0.1, 0.15) is 5.82 Å². The fourth-order valence-electron chi connectivity index (χ4n) is 2.23. The van der Waals surface area contributed by atoms with Crippen molar-refractivity contribution in [3.8, 4) is 0 Å². The van der Waals surface area contributed by atoms with Gasteiger partial charge in [-0.15, -0.1) is 0 Å². The molecule has 19 heavy (non-hydrogen) atoms. The number of hydrazone groups is 1. The third-order valence-corrected chi connectivity index (χ3v) is 3.16. The SMILES string of the molecule is NCC1=NN(c2ccccn2)C(c2cccnc2)C1. The van der Waals surface area contributed by atoms with E-state index in [-0.39, 0.29) is 6.04 Å². The molecule has 1 atom stereocenters. The number of anilines is 1. The maximum Gasteiger partial charge on any atom is 0.149 e.